The Kier molecular flexibility index (Phi) is 3.63. The molecule has 19 heavy (non-hydrogen) atoms. The van der Waals surface area contributed by atoms with E-state index in [0.717, 1.165) is 11.3 Å². The predicted octanol–water partition coefficient (Wildman–Crippen LogP) is 2.93. The highest BCUT2D eigenvalue weighted by molar-refractivity contribution is 5.68. The van der Waals surface area contributed by atoms with Crippen molar-refractivity contribution in [3.05, 3.63) is 58.1 Å². The van der Waals surface area contributed by atoms with E-state index in [4.69, 9.17) is 5.84 Å². The number of rotatable bonds is 4. The summed E-state index contributed by atoms with van der Waals surface area (Å²) >= 11 is 0. The number of non-ortho nitro benzene ring substituents is 1. The first-order valence-electron chi connectivity index (χ1n) is 5.68. The number of nitrogens with two attached hydrogens (primary N) is 1. The van der Waals surface area contributed by atoms with E-state index in [9.17, 15) is 10.1 Å². The van der Waals surface area contributed by atoms with Gasteiger partial charge in [0.15, 0.2) is 0 Å². The zero-order valence-corrected chi connectivity index (χ0v) is 10.4. The number of anilines is 3. The van der Waals surface area contributed by atoms with Gasteiger partial charge >= 0.3 is 0 Å². The number of nitro groups is 1. The smallest absolute Gasteiger partial charge is 0.273 e. The molecule has 2 aromatic carbocycles. The summed E-state index contributed by atoms with van der Waals surface area (Å²) in [5.41, 5.74) is 5.44. The van der Waals surface area contributed by atoms with Gasteiger partial charge in [0.05, 0.1) is 10.6 Å². The van der Waals surface area contributed by atoms with E-state index in [0.29, 0.717) is 11.4 Å². The number of nitro benzene ring substituents is 1. The lowest BCUT2D eigenvalue weighted by Gasteiger charge is -2.09. The van der Waals surface area contributed by atoms with Crippen LogP contribution in [0.1, 0.15) is 5.56 Å². The molecule has 6 heteroatoms. The van der Waals surface area contributed by atoms with E-state index < -0.39 is 4.92 Å². The van der Waals surface area contributed by atoms with Crippen molar-refractivity contribution in [2.75, 3.05) is 10.7 Å². The van der Waals surface area contributed by atoms with Crippen LogP contribution in [0, 0.1) is 17.0 Å². The van der Waals surface area contributed by atoms with Crippen molar-refractivity contribution in [1.82, 2.24) is 0 Å². The van der Waals surface area contributed by atoms with E-state index in [-0.39, 0.29) is 5.69 Å². The maximum Gasteiger partial charge on any atom is 0.273 e. The van der Waals surface area contributed by atoms with Crippen LogP contribution in [0.3, 0.4) is 0 Å². The summed E-state index contributed by atoms with van der Waals surface area (Å²) in [4.78, 5) is 10.4. The molecule has 0 fully saturated rings. The van der Waals surface area contributed by atoms with Crippen molar-refractivity contribution < 1.29 is 4.92 Å². The van der Waals surface area contributed by atoms with Gasteiger partial charge in [-0.15, -0.1) is 0 Å². The summed E-state index contributed by atoms with van der Waals surface area (Å²) in [6.45, 7) is 1.98. The molecule has 0 heterocycles. The molecule has 98 valence electrons. The van der Waals surface area contributed by atoms with Crippen molar-refractivity contribution in [3.63, 3.8) is 0 Å². The second kappa shape index (κ2) is 5.36. The van der Waals surface area contributed by atoms with Crippen molar-refractivity contribution >= 4 is 22.7 Å². The van der Waals surface area contributed by atoms with E-state index in [2.05, 4.69) is 10.7 Å². The number of hydrazine groups is 1. The van der Waals surface area contributed by atoms with Crippen LogP contribution in [-0.2, 0) is 0 Å². The quantitative estimate of drug-likeness (QED) is 0.445. The second-order valence-corrected chi connectivity index (χ2v) is 4.16. The van der Waals surface area contributed by atoms with Gasteiger partial charge in [-0.25, -0.2) is 0 Å². The molecule has 0 aromatic heterocycles. The molecule has 2 aromatic rings. The molecule has 6 nitrogen and oxygen atoms in total. The van der Waals surface area contributed by atoms with Crippen LogP contribution < -0.4 is 16.6 Å². The standard InChI is InChI=1S/C13H14N4O2/c1-9-3-2-4-10(5-9)15-11-6-12(16-14)8-13(7-11)17(18)19/h2-8,15-16H,14H2,1H3. The minimum Gasteiger partial charge on any atom is -0.355 e. The molecular weight excluding hydrogens is 244 g/mol. The van der Waals surface area contributed by atoms with Crippen molar-refractivity contribution in [2.24, 2.45) is 5.84 Å². The Morgan fingerprint density at radius 2 is 1.84 bits per heavy atom. The second-order valence-electron chi connectivity index (χ2n) is 4.16. The molecule has 0 aliphatic carbocycles. The Balaban J connectivity index is 2.34. The van der Waals surface area contributed by atoms with Crippen LogP contribution in [0.4, 0.5) is 22.7 Å². The van der Waals surface area contributed by atoms with Gasteiger partial charge in [-0.1, -0.05) is 12.1 Å². The number of hydrogen-bond donors (Lipinski definition) is 3. The summed E-state index contributed by atoms with van der Waals surface area (Å²) in [6.07, 6.45) is 0. The van der Waals surface area contributed by atoms with Crippen LogP contribution in [0.2, 0.25) is 0 Å². The van der Waals surface area contributed by atoms with E-state index >= 15 is 0 Å². The van der Waals surface area contributed by atoms with Crippen molar-refractivity contribution in [1.29, 1.82) is 0 Å². The lowest BCUT2D eigenvalue weighted by Crippen LogP contribution is -2.07. The van der Waals surface area contributed by atoms with Crippen LogP contribution >= 0.6 is 0 Å². The molecule has 0 atom stereocenters. The average molecular weight is 258 g/mol. The number of nitrogens with zero attached hydrogens (tertiary/aromatic N) is 1. The van der Waals surface area contributed by atoms with Crippen LogP contribution in [0.5, 0.6) is 0 Å². The normalized spacial score (nSPS) is 10.0. The average Bonchev–Trinajstić information content (AvgIpc) is 2.38. The van der Waals surface area contributed by atoms with Gasteiger partial charge in [-0.2, -0.15) is 0 Å². The molecule has 0 bridgehead atoms. The van der Waals surface area contributed by atoms with Crippen molar-refractivity contribution in [3.8, 4) is 0 Å². The topological polar surface area (TPSA) is 93.2 Å². The third-order valence-corrected chi connectivity index (χ3v) is 2.60. The van der Waals surface area contributed by atoms with E-state index in [1.54, 1.807) is 6.07 Å². The van der Waals surface area contributed by atoms with Gasteiger partial charge in [-0.3, -0.25) is 16.0 Å². The molecule has 0 saturated carbocycles. The van der Waals surface area contributed by atoms with Crippen LogP contribution in [-0.4, -0.2) is 4.92 Å². The molecule has 0 amide bonds. The maximum atomic E-state index is 10.8. The number of nitrogens with one attached hydrogen (secondary N) is 2. The lowest BCUT2D eigenvalue weighted by molar-refractivity contribution is -0.384. The van der Waals surface area contributed by atoms with Gasteiger partial charge in [0.2, 0.25) is 0 Å². The summed E-state index contributed by atoms with van der Waals surface area (Å²) in [6, 6.07) is 12.3. The molecule has 0 saturated heterocycles. The first-order chi connectivity index (χ1) is 9.08. The first kappa shape index (κ1) is 12.8. The fourth-order valence-corrected chi connectivity index (χ4v) is 1.76. The monoisotopic (exact) mass is 258 g/mol. The van der Waals surface area contributed by atoms with Crippen LogP contribution in [0.25, 0.3) is 0 Å². The molecular formula is C13H14N4O2. The highest BCUT2D eigenvalue weighted by Crippen LogP contribution is 2.26. The summed E-state index contributed by atoms with van der Waals surface area (Å²) in [7, 11) is 0. The number of nitrogen functional groups attached to an aromatic ring is 1. The van der Waals surface area contributed by atoms with Crippen LogP contribution in [0.15, 0.2) is 42.5 Å². The van der Waals surface area contributed by atoms with E-state index in [1.165, 1.54) is 12.1 Å². The highest BCUT2D eigenvalue weighted by Gasteiger charge is 2.09. The Labute approximate surface area is 110 Å². The molecule has 0 spiro atoms. The molecule has 4 N–H and O–H groups in total. The predicted molar refractivity (Wildman–Crippen MR) is 75.4 cm³/mol. The third kappa shape index (κ3) is 3.20. The molecule has 0 aliphatic heterocycles. The number of hydrogen-bond acceptors (Lipinski definition) is 5. The number of aryl methyl sites for hydroxylation is 1. The zero-order chi connectivity index (χ0) is 13.8. The highest BCUT2D eigenvalue weighted by atomic mass is 16.6. The largest absolute Gasteiger partial charge is 0.355 e. The molecule has 0 radical (unpaired) electrons. The summed E-state index contributed by atoms with van der Waals surface area (Å²) < 4.78 is 0. The SMILES string of the molecule is Cc1cccc(Nc2cc(NN)cc([N+](=O)[O-])c2)c1. The van der Waals surface area contributed by atoms with Crippen molar-refractivity contribution in [2.45, 2.75) is 6.92 Å². The third-order valence-electron chi connectivity index (χ3n) is 2.60. The number of benzene rings is 2. The zero-order valence-electron chi connectivity index (χ0n) is 10.4. The minimum absolute atomic E-state index is 0.0226. The molecule has 0 unspecified atom stereocenters. The van der Waals surface area contributed by atoms with Gasteiger partial charge in [-0.05, 0) is 30.7 Å². The Morgan fingerprint density at radius 3 is 2.47 bits per heavy atom. The molecule has 0 aliphatic rings. The maximum absolute atomic E-state index is 10.8. The van der Waals surface area contributed by atoms with Gasteiger partial charge in [0.1, 0.15) is 0 Å². The fraction of sp³-hybridized carbons (Fsp3) is 0.0769. The van der Waals surface area contributed by atoms with Gasteiger partial charge in [0, 0.05) is 23.5 Å². The fourth-order valence-electron chi connectivity index (χ4n) is 1.76. The van der Waals surface area contributed by atoms with Gasteiger partial charge < -0.3 is 10.7 Å². The van der Waals surface area contributed by atoms with Gasteiger partial charge in [0.25, 0.3) is 5.69 Å². The Bertz CT molecular complexity index is 613. The minimum atomic E-state index is -0.456. The molecule has 2 rings (SSSR count). The lowest BCUT2D eigenvalue weighted by atomic mass is 10.2. The Morgan fingerprint density at radius 1 is 1.11 bits per heavy atom. The van der Waals surface area contributed by atoms with E-state index in [1.807, 2.05) is 31.2 Å². The Hall–Kier alpha value is -2.60. The summed E-state index contributed by atoms with van der Waals surface area (Å²) in [5, 5.41) is 14.0. The summed E-state index contributed by atoms with van der Waals surface area (Å²) in [5.74, 6) is 5.30. The first-order valence-corrected chi connectivity index (χ1v) is 5.68.